The molecule has 0 spiro atoms. The van der Waals surface area contributed by atoms with Crippen LogP contribution in [0.5, 0.6) is 0 Å². The van der Waals surface area contributed by atoms with E-state index in [1.165, 1.54) is 4.90 Å². The Kier molecular flexibility index (Phi) is 5.57. The molecule has 0 saturated carbocycles. The Bertz CT molecular complexity index is 305. The summed E-state index contributed by atoms with van der Waals surface area (Å²) in [5.41, 5.74) is 0. The Balaban J connectivity index is 2.53. The molecule has 0 aromatic rings. The fourth-order valence-electron chi connectivity index (χ4n) is 1.77. The molecule has 0 aromatic heterocycles. The molecule has 0 aliphatic carbocycles. The quantitative estimate of drug-likeness (QED) is 0.664. The normalized spacial score (nSPS) is 18.6. The van der Waals surface area contributed by atoms with Gasteiger partial charge in [0.1, 0.15) is 6.10 Å². The summed E-state index contributed by atoms with van der Waals surface area (Å²) in [6, 6.07) is 0. The molecule has 7 heteroatoms. The molecule has 102 valence electrons. The summed E-state index contributed by atoms with van der Waals surface area (Å²) in [7, 11) is 0. The molecule has 1 aliphatic heterocycles. The van der Waals surface area contributed by atoms with Crippen LogP contribution in [0.2, 0.25) is 0 Å². The minimum Gasteiger partial charge on any atom is -0.481 e. The number of rotatable bonds is 7. The number of carboxylic acids is 2. The summed E-state index contributed by atoms with van der Waals surface area (Å²) in [5.74, 6) is -2.35. The van der Waals surface area contributed by atoms with E-state index in [0.29, 0.717) is 13.0 Å². The number of carbonyl (C=O) groups excluding carboxylic acids is 1. The molecular weight excluding hydrogens is 242 g/mol. The van der Waals surface area contributed by atoms with Crippen LogP contribution in [0.15, 0.2) is 0 Å². The van der Waals surface area contributed by atoms with Crippen LogP contribution in [0.3, 0.4) is 0 Å². The number of carboxylic acid groups (broad SMARTS) is 2. The lowest BCUT2D eigenvalue weighted by Crippen LogP contribution is -2.41. The molecule has 1 atom stereocenters. The topological polar surface area (TPSA) is 104 Å². The monoisotopic (exact) mass is 259 g/mol. The summed E-state index contributed by atoms with van der Waals surface area (Å²) in [6.07, 6.45) is 0.459. The van der Waals surface area contributed by atoms with Crippen LogP contribution in [0, 0.1) is 0 Å². The van der Waals surface area contributed by atoms with Gasteiger partial charge in [-0.05, 0) is 12.8 Å². The molecule has 1 rings (SSSR count). The molecule has 1 heterocycles. The van der Waals surface area contributed by atoms with E-state index in [-0.39, 0.29) is 31.8 Å². The van der Waals surface area contributed by atoms with Crippen molar-refractivity contribution in [3.05, 3.63) is 0 Å². The number of carbonyl (C=O) groups is 3. The van der Waals surface area contributed by atoms with Gasteiger partial charge in [0.2, 0.25) is 0 Å². The zero-order valence-corrected chi connectivity index (χ0v) is 10.0. The van der Waals surface area contributed by atoms with Gasteiger partial charge in [-0.3, -0.25) is 14.4 Å². The number of hydrogen-bond donors (Lipinski definition) is 2. The Morgan fingerprint density at radius 3 is 2.06 bits per heavy atom. The number of amides is 1. The summed E-state index contributed by atoms with van der Waals surface area (Å²) >= 11 is 0. The van der Waals surface area contributed by atoms with Crippen molar-refractivity contribution in [2.45, 2.75) is 31.8 Å². The van der Waals surface area contributed by atoms with Gasteiger partial charge in [0.25, 0.3) is 5.91 Å². The first kappa shape index (κ1) is 14.4. The summed E-state index contributed by atoms with van der Waals surface area (Å²) in [6.45, 7) is 0.546. The van der Waals surface area contributed by atoms with Gasteiger partial charge >= 0.3 is 11.9 Å². The van der Waals surface area contributed by atoms with Crippen LogP contribution in [0.4, 0.5) is 0 Å². The Hall–Kier alpha value is -1.63. The van der Waals surface area contributed by atoms with E-state index in [0.717, 1.165) is 6.42 Å². The highest BCUT2D eigenvalue weighted by atomic mass is 16.5. The maximum atomic E-state index is 12.0. The second-order valence-electron chi connectivity index (χ2n) is 4.11. The molecule has 0 aromatic carbocycles. The lowest BCUT2D eigenvalue weighted by Gasteiger charge is -2.24. The van der Waals surface area contributed by atoms with Crippen LogP contribution in [-0.2, 0) is 19.1 Å². The highest BCUT2D eigenvalue weighted by molar-refractivity contribution is 5.82. The largest absolute Gasteiger partial charge is 0.481 e. The van der Waals surface area contributed by atoms with E-state index < -0.39 is 18.0 Å². The van der Waals surface area contributed by atoms with Gasteiger partial charge in [0, 0.05) is 19.7 Å². The smallest absolute Gasteiger partial charge is 0.305 e. The van der Waals surface area contributed by atoms with Gasteiger partial charge in [-0.25, -0.2) is 0 Å². The molecule has 1 fully saturated rings. The second kappa shape index (κ2) is 6.95. The Morgan fingerprint density at radius 1 is 1.11 bits per heavy atom. The van der Waals surface area contributed by atoms with Crippen LogP contribution in [0.25, 0.3) is 0 Å². The third-order valence-electron chi connectivity index (χ3n) is 2.71. The van der Waals surface area contributed by atoms with Gasteiger partial charge < -0.3 is 19.8 Å². The fourth-order valence-corrected chi connectivity index (χ4v) is 1.77. The number of nitrogens with zero attached hydrogens (tertiary/aromatic N) is 1. The molecule has 0 bridgehead atoms. The first-order valence-electron chi connectivity index (χ1n) is 5.84. The summed E-state index contributed by atoms with van der Waals surface area (Å²) < 4.78 is 5.22. The molecule has 7 nitrogen and oxygen atoms in total. The zero-order chi connectivity index (χ0) is 13.5. The highest BCUT2D eigenvalue weighted by Crippen LogP contribution is 2.15. The predicted molar refractivity (Wildman–Crippen MR) is 60.1 cm³/mol. The minimum atomic E-state index is -1.02. The van der Waals surface area contributed by atoms with Crippen molar-refractivity contribution in [1.29, 1.82) is 0 Å². The minimum absolute atomic E-state index is 0.0152. The van der Waals surface area contributed by atoms with Crippen molar-refractivity contribution >= 4 is 17.8 Å². The standard InChI is InChI=1S/C11H17NO6/c13-9(14)3-5-12(6-4-10(15)16)11(17)8-2-1-7-18-8/h8H,1-7H2,(H,13,14)(H,15,16). The van der Waals surface area contributed by atoms with Crippen LogP contribution in [-0.4, -0.2) is 58.8 Å². The van der Waals surface area contributed by atoms with Crippen molar-refractivity contribution in [2.75, 3.05) is 19.7 Å². The molecular formula is C11H17NO6. The lowest BCUT2D eigenvalue weighted by molar-refractivity contribution is -0.144. The molecule has 1 aliphatic rings. The van der Waals surface area contributed by atoms with Gasteiger partial charge in [-0.15, -0.1) is 0 Å². The van der Waals surface area contributed by atoms with Gasteiger partial charge in [-0.2, -0.15) is 0 Å². The van der Waals surface area contributed by atoms with Crippen molar-refractivity contribution in [3.8, 4) is 0 Å². The third-order valence-corrected chi connectivity index (χ3v) is 2.71. The third kappa shape index (κ3) is 4.70. The van der Waals surface area contributed by atoms with E-state index in [1.807, 2.05) is 0 Å². The van der Waals surface area contributed by atoms with Crippen molar-refractivity contribution in [2.24, 2.45) is 0 Å². The average Bonchev–Trinajstić information content (AvgIpc) is 2.81. The molecule has 18 heavy (non-hydrogen) atoms. The lowest BCUT2D eigenvalue weighted by atomic mass is 10.2. The second-order valence-corrected chi connectivity index (χ2v) is 4.11. The van der Waals surface area contributed by atoms with Gasteiger partial charge in [-0.1, -0.05) is 0 Å². The van der Waals surface area contributed by atoms with Crippen molar-refractivity contribution < 1.29 is 29.3 Å². The average molecular weight is 259 g/mol. The molecule has 2 N–H and O–H groups in total. The van der Waals surface area contributed by atoms with E-state index in [4.69, 9.17) is 14.9 Å². The first-order chi connectivity index (χ1) is 8.50. The Labute approximate surface area is 104 Å². The van der Waals surface area contributed by atoms with E-state index in [1.54, 1.807) is 0 Å². The Morgan fingerprint density at radius 2 is 1.67 bits per heavy atom. The maximum Gasteiger partial charge on any atom is 0.305 e. The van der Waals surface area contributed by atoms with Crippen LogP contribution >= 0.6 is 0 Å². The summed E-state index contributed by atoms with van der Waals surface area (Å²) in [4.78, 5) is 34.2. The number of aliphatic carboxylic acids is 2. The number of ether oxygens (including phenoxy) is 1. The number of hydrogen-bond acceptors (Lipinski definition) is 4. The van der Waals surface area contributed by atoms with Gasteiger partial charge in [0.05, 0.1) is 12.8 Å². The molecule has 1 unspecified atom stereocenters. The fraction of sp³-hybridized carbons (Fsp3) is 0.727. The highest BCUT2D eigenvalue weighted by Gasteiger charge is 2.28. The van der Waals surface area contributed by atoms with Crippen molar-refractivity contribution in [1.82, 2.24) is 4.90 Å². The van der Waals surface area contributed by atoms with E-state index >= 15 is 0 Å². The molecule has 0 radical (unpaired) electrons. The SMILES string of the molecule is O=C(O)CCN(CCC(=O)O)C(=O)C1CCCO1. The first-order valence-corrected chi connectivity index (χ1v) is 5.84. The van der Waals surface area contributed by atoms with Gasteiger partial charge in [0.15, 0.2) is 0 Å². The van der Waals surface area contributed by atoms with Crippen LogP contribution in [0.1, 0.15) is 25.7 Å². The van der Waals surface area contributed by atoms with E-state index in [2.05, 4.69) is 0 Å². The summed E-state index contributed by atoms with van der Waals surface area (Å²) in [5, 5.41) is 17.2. The van der Waals surface area contributed by atoms with Crippen LogP contribution < -0.4 is 0 Å². The molecule has 1 amide bonds. The zero-order valence-electron chi connectivity index (χ0n) is 10.0. The maximum absolute atomic E-state index is 12.0. The predicted octanol–water partition coefficient (Wildman–Crippen LogP) is -0.0566. The molecule has 1 saturated heterocycles. The van der Waals surface area contributed by atoms with Crippen molar-refractivity contribution in [3.63, 3.8) is 0 Å². The van der Waals surface area contributed by atoms with E-state index in [9.17, 15) is 14.4 Å².